The second kappa shape index (κ2) is 9.61. The largest absolute Gasteiger partial charge is 0.504 e. The van der Waals surface area contributed by atoms with Crippen molar-refractivity contribution in [1.29, 1.82) is 0 Å². The second-order valence-corrected chi connectivity index (χ2v) is 5.62. The monoisotopic (exact) mass is 374 g/mol. The van der Waals surface area contributed by atoms with Gasteiger partial charge in [0, 0.05) is 0 Å². The van der Waals surface area contributed by atoms with Crippen LogP contribution in [0.2, 0.25) is 0 Å². The van der Waals surface area contributed by atoms with Gasteiger partial charge in [0.05, 0.1) is 20.8 Å². The summed E-state index contributed by atoms with van der Waals surface area (Å²) >= 11 is 0. The normalized spacial score (nSPS) is 13.2. The van der Waals surface area contributed by atoms with Gasteiger partial charge < -0.3 is 29.5 Å². The summed E-state index contributed by atoms with van der Waals surface area (Å²) in [7, 11) is 2.86. The number of aliphatic hydroxyl groups is 2. The van der Waals surface area contributed by atoms with Crippen LogP contribution in [0.4, 0.5) is 0 Å². The number of hydrogen-bond donors (Lipinski definition) is 3. The number of phenolic OH excluding ortho intramolecular Hbond substituents is 1. The second-order valence-electron chi connectivity index (χ2n) is 5.62. The van der Waals surface area contributed by atoms with Crippen LogP contribution in [0.3, 0.4) is 0 Å². The third-order valence-corrected chi connectivity index (χ3v) is 3.91. The van der Waals surface area contributed by atoms with Crippen molar-refractivity contribution in [2.45, 2.75) is 12.2 Å². The van der Waals surface area contributed by atoms with Crippen molar-refractivity contribution >= 4 is 12.4 Å². The van der Waals surface area contributed by atoms with Crippen LogP contribution in [0.15, 0.2) is 42.5 Å². The van der Waals surface area contributed by atoms with Crippen LogP contribution in [0.25, 0.3) is 6.08 Å². The maximum Gasteiger partial charge on any atom is 0.161 e. The van der Waals surface area contributed by atoms with Crippen LogP contribution in [-0.4, -0.2) is 48.5 Å². The maximum atomic E-state index is 10.6. The summed E-state index contributed by atoms with van der Waals surface area (Å²) in [4.78, 5) is 10.4. The third kappa shape index (κ3) is 4.99. The molecule has 0 amide bonds. The van der Waals surface area contributed by atoms with Crippen molar-refractivity contribution in [2.24, 2.45) is 0 Å². The number of ether oxygens (including phenoxy) is 3. The zero-order chi connectivity index (χ0) is 19.8. The Balaban J connectivity index is 2.25. The molecule has 2 aromatic rings. The van der Waals surface area contributed by atoms with Crippen molar-refractivity contribution in [3.63, 3.8) is 0 Å². The quantitative estimate of drug-likeness (QED) is 0.456. The molecular weight excluding hydrogens is 352 g/mol. The number of aliphatic hydroxyl groups excluding tert-OH is 2. The molecule has 0 fully saturated rings. The number of aromatic hydroxyl groups is 1. The number of hydrogen-bond acceptors (Lipinski definition) is 7. The van der Waals surface area contributed by atoms with Crippen LogP contribution >= 0.6 is 0 Å². The number of rotatable bonds is 9. The zero-order valence-corrected chi connectivity index (χ0v) is 15.0. The van der Waals surface area contributed by atoms with E-state index in [2.05, 4.69) is 0 Å². The smallest absolute Gasteiger partial charge is 0.161 e. The summed E-state index contributed by atoms with van der Waals surface area (Å²) in [6, 6.07) is 9.37. The molecule has 3 N–H and O–H groups in total. The van der Waals surface area contributed by atoms with E-state index in [4.69, 9.17) is 14.2 Å². The Morgan fingerprint density at radius 2 is 1.78 bits per heavy atom. The van der Waals surface area contributed by atoms with Gasteiger partial charge in [-0.2, -0.15) is 0 Å². The number of methoxy groups -OCH3 is 2. The lowest BCUT2D eigenvalue weighted by Gasteiger charge is -2.24. The van der Waals surface area contributed by atoms with Crippen molar-refractivity contribution in [3.05, 3.63) is 53.6 Å². The Morgan fingerprint density at radius 1 is 1.04 bits per heavy atom. The molecule has 0 radical (unpaired) electrons. The number of aldehydes is 1. The average Bonchev–Trinajstić information content (AvgIpc) is 2.70. The summed E-state index contributed by atoms with van der Waals surface area (Å²) in [5.74, 6) is 0.851. The lowest BCUT2D eigenvalue weighted by Crippen LogP contribution is -2.29. The first-order valence-corrected chi connectivity index (χ1v) is 8.16. The highest BCUT2D eigenvalue weighted by atomic mass is 16.5. The fraction of sp³-hybridized carbons (Fsp3) is 0.250. The van der Waals surface area contributed by atoms with Gasteiger partial charge in [0.25, 0.3) is 0 Å². The predicted molar refractivity (Wildman–Crippen MR) is 99.2 cm³/mol. The molecule has 2 aromatic carbocycles. The Labute approximate surface area is 157 Å². The molecule has 0 aliphatic heterocycles. The van der Waals surface area contributed by atoms with E-state index in [-0.39, 0.29) is 11.5 Å². The van der Waals surface area contributed by atoms with E-state index in [1.165, 1.54) is 38.5 Å². The van der Waals surface area contributed by atoms with Crippen LogP contribution < -0.4 is 14.2 Å². The van der Waals surface area contributed by atoms with Crippen LogP contribution in [0.1, 0.15) is 17.2 Å². The maximum absolute atomic E-state index is 10.6. The van der Waals surface area contributed by atoms with E-state index in [0.717, 1.165) is 5.56 Å². The molecule has 27 heavy (non-hydrogen) atoms. The summed E-state index contributed by atoms with van der Waals surface area (Å²) in [6.45, 7) is -0.458. The van der Waals surface area contributed by atoms with E-state index in [1.54, 1.807) is 24.3 Å². The molecule has 2 rings (SSSR count). The van der Waals surface area contributed by atoms with Gasteiger partial charge in [-0.25, -0.2) is 0 Å². The molecule has 0 aromatic heterocycles. The number of benzene rings is 2. The summed E-state index contributed by atoms with van der Waals surface area (Å²) in [6.07, 6.45) is 1.48. The highest BCUT2D eigenvalue weighted by Crippen LogP contribution is 2.34. The molecule has 0 heterocycles. The van der Waals surface area contributed by atoms with Crippen molar-refractivity contribution in [2.75, 3.05) is 20.8 Å². The minimum atomic E-state index is -1.18. The minimum Gasteiger partial charge on any atom is -0.504 e. The van der Waals surface area contributed by atoms with E-state index in [9.17, 15) is 20.1 Å². The fourth-order valence-corrected chi connectivity index (χ4v) is 2.49. The molecule has 0 spiro atoms. The van der Waals surface area contributed by atoms with Crippen molar-refractivity contribution in [3.8, 4) is 23.0 Å². The van der Waals surface area contributed by atoms with Crippen molar-refractivity contribution in [1.82, 2.24) is 0 Å². The topological polar surface area (TPSA) is 105 Å². The minimum absolute atomic E-state index is 0.0597. The summed E-state index contributed by atoms with van der Waals surface area (Å²) in [5, 5.41) is 29.9. The van der Waals surface area contributed by atoms with E-state index in [0.29, 0.717) is 23.3 Å². The van der Waals surface area contributed by atoms with E-state index in [1.807, 2.05) is 0 Å². The van der Waals surface area contributed by atoms with Gasteiger partial charge in [-0.05, 0) is 41.5 Å². The van der Waals surface area contributed by atoms with Gasteiger partial charge in [-0.1, -0.05) is 18.2 Å². The Kier molecular flexibility index (Phi) is 7.22. The number of carbonyl (C=O) groups excluding carboxylic acids is 1. The molecule has 0 aliphatic carbocycles. The standard InChI is InChI=1S/C20H22O7/c1-25-17-11-14(6-7-15(17)23)20(24)19(12-22)27-16-8-5-13(4-3-9-21)10-18(16)26-2/h3-11,19-20,22-24H,12H2,1-2H3/t19-,20+/m0/s1. The third-order valence-electron chi connectivity index (χ3n) is 3.91. The Hall–Kier alpha value is -3.03. The average molecular weight is 374 g/mol. The molecular formula is C20H22O7. The first-order chi connectivity index (χ1) is 13.0. The van der Waals surface area contributed by atoms with Gasteiger partial charge in [0.15, 0.2) is 29.1 Å². The van der Waals surface area contributed by atoms with Crippen molar-refractivity contribution < 1.29 is 34.3 Å². The number of carbonyl (C=O) groups is 1. The molecule has 144 valence electrons. The van der Waals surface area contributed by atoms with Gasteiger partial charge in [0.2, 0.25) is 0 Å². The van der Waals surface area contributed by atoms with E-state index < -0.39 is 18.8 Å². The molecule has 0 unspecified atom stereocenters. The molecule has 0 saturated heterocycles. The first-order valence-electron chi connectivity index (χ1n) is 8.16. The molecule has 0 aliphatic rings. The summed E-state index contributed by atoms with van der Waals surface area (Å²) in [5.41, 5.74) is 1.14. The lowest BCUT2D eigenvalue weighted by atomic mass is 10.0. The van der Waals surface area contributed by atoms with Gasteiger partial charge in [-0.3, -0.25) is 4.79 Å². The Bertz CT molecular complexity index is 801. The highest BCUT2D eigenvalue weighted by molar-refractivity contribution is 5.74. The highest BCUT2D eigenvalue weighted by Gasteiger charge is 2.24. The van der Waals surface area contributed by atoms with Gasteiger partial charge >= 0.3 is 0 Å². The summed E-state index contributed by atoms with van der Waals surface area (Å²) < 4.78 is 16.1. The van der Waals surface area contributed by atoms with Crippen LogP contribution in [0, 0.1) is 0 Å². The molecule has 7 heteroatoms. The molecule has 0 saturated carbocycles. The Morgan fingerprint density at radius 3 is 2.41 bits per heavy atom. The van der Waals surface area contributed by atoms with Crippen LogP contribution in [-0.2, 0) is 4.79 Å². The van der Waals surface area contributed by atoms with Crippen LogP contribution in [0.5, 0.6) is 23.0 Å². The molecule has 0 bridgehead atoms. The number of phenols is 1. The fourth-order valence-electron chi connectivity index (χ4n) is 2.49. The van der Waals surface area contributed by atoms with E-state index >= 15 is 0 Å². The predicted octanol–water partition coefficient (Wildman–Crippen LogP) is 2.09. The zero-order valence-electron chi connectivity index (χ0n) is 15.0. The molecule has 2 atom stereocenters. The SMILES string of the molecule is COc1cc([C@@H](O)[C@H](CO)Oc2ccc(C=CC=O)cc2OC)ccc1O. The molecule has 7 nitrogen and oxygen atoms in total. The van der Waals surface area contributed by atoms with Gasteiger partial charge in [0.1, 0.15) is 12.4 Å². The number of allylic oxidation sites excluding steroid dienone is 1. The lowest BCUT2D eigenvalue weighted by molar-refractivity contribution is -0.104. The first kappa shape index (κ1) is 20.3. The van der Waals surface area contributed by atoms with Gasteiger partial charge in [-0.15, -0.1) is 0 Å².